The molecule has 0 aliphatic heterocycles. The molecular weight excluding hydrogens is 298 g/mol. The average molecular weight is 308 g/mol. The number of para-hydroxylation sites is 2. The summed E-state index contributed by atoms with van der Waals surface area (Å²) >= 11 is 6.24. The zero-order valence-corrected chi connectivity index (χ0v) is 12.2. The molecule has 1 heterocycles. The molecule has 22 heavy (non-hydrogen) atoms. The fraction of sp³-hybridized carbons (Fsp3) is 0.0588. The molecule has 5 heteroatoms. The SMILES string of the molecule is N#Cc1ccc(C(Cl)C(=O)c2cnc3ccccc3n2)cc1. The van der Waals surface area contributed by atoms with Gasteiger partial charge in [-0.15, -0.1) is 11.6 Å². The summed E-state index contributed by atoms with van der Waals surface area (Å²) in [5, 5.41) is 7.93. The van der Waals surface area contributed by atoms with E-state index in [0.29, 0.717) is 16.6 Å². The number of carbonyl (C=O) groups is 1. The van der Waals surface area contributed by atoms with Crippen LogP contribution in [0.25, 0.3) is 11.0 Å². The number of aromatic nitrogens is 2. The van der Waals surface area contributed by atoms with E-state index in [1.165, 1.54) is 6.20 Å². The van der Waals surface area contributed by atoms with Crippen molar-refractivity contribution in [1.29, 1.82) is 5.26 Å². The van der Waals surface area contributed by atoms with Gasteiger partial charge in [0.2, 0.25) is 5.78 Å². The van der Waals surface area contributed by atoms with Crippen molar-refractivity contribution < 1.29 is 4.79 Å². The molecule has 0 radical (unpaired) electrons. The first-order chi connectivity index (χ1) is 10.7. The number of hydrogen-bond donors (Lipinski definition) is 0. The average Bonchev–Trinajstić information content (AvgIpc) is 2.60. The Morgan fingerprint density at radius 1 is 1.09 bits per heavy atom. The van der Waals surface area contributed by atoms with E-state index in [2.05, 4.69) is 9.97 Å². The molecule has 2 aromatic carbocycles. The van der Waals surface area contributed by atoms with Gasteiger partial charge >= 0.3 is 0 Å². The lowest BCUT2D eigenvalue weighted by Crippen LogP contribution is -2.10. The van der Waals surface area contributed by atoms with Crippen molar-refractivity contribution in [2.45, 2.75) is 5.38 Å². The van der Waals surface area contributed by atoms with Crippen molar-refractivity contribution in [3.8, 4) is 6.07 Å². The van der Waals surface area contributed by atoms with Crippen molar-refractivity contribution in [3.05, 3.63) is 71.5 Å². The fourth-order valence-electron chi connectivity index (χ4n) is 2.08. The summed E-state index contributed by atoms with van der Waals surface area (Å²) in [6.45, 7) is 0. The van der Waals surface area contributed by atoms with Crippen LogP contribution in [0.2, 0.25) is 0 Å². The molecule has 4 nitrogen and oxygen atoms in total. The normalized spacial score (nSPS) is 11.8. The third kappa shape index (κ3) is 2.67. The van der Waals surface area contributed by atoms with E-state index in [4.69, 9.17) is 16.9 Å². The maximum atomic E-state index is 12.4. The highest BCUT2D eigenvalue weighted by Crippen LogP contribution is 2.25. The number of ketones is 1. The van der Waals surface area contributed by atoms with Crippen LogP contribution in [0.5, 0.6) is 0 Å². The van der Waals surface area contributed by atoms with Gasteiger partial charge in [-0.25, -0.2) is 4.98 Å². The van der Waals surface area contributed by atoms with Crippen LogP contribution in [0.3, 0.4) is 0 Å². The van der Waals surface area contributed by atoms with Gasteiger partial charge in [0, 0.05) is 0 Å². The van der Waals surface area contributed by atoms with Crippen LogP contribution < -0.4 is 0 Å². The van der Waals surface area contributed by atoms with E-state index in [-0.39, 0.29) is 11.5 Å². The molecule has 0 saturated carbocycles. The van der Waals surface area contributed by atoms with Gasteiger partial charge in [-0.2, -0.15) is 5.26 Å². The molecule has 0 aliphatic rings. The highest BCUT2D eigenvalue weighted by atomic mass is 35.5. The summed E-state index contributed by atoms with van der Waals surface area (Å²) in [6, 6.07) is 15.9. The molecule has 3 aromatic rings. The zero-order chi connectivity index (χ0) is 15.5. The quantitative estimate of drug-likeness (QED) is 0.547. The number of hydrogen-bond acceptors (Lipinski definition) is 4. The molecule has 0 bridgehead atoms. The minimum Gasteiger partial charge on any atom is -0.290 e. The molecule has 1 atom stereocenters. The van der Waals surface area contributed by atoms with Gasteiger partial charge in [0.25, 0.3) is 0 Å². The highest BCUT2D eigenvalue weighted by molar-refractivity contribution is 6.33. The van der Waals surface area contributed by atoms with Gasteiger partial charge in [-0.3, -0.25) is 9.78 Å². The number of fused-ring (bicyclic) bond motifs is 1. The lowest BCUT2D eigenvalue weighted by Gasteiger charge is -2.08. The minimum absolute atomic E-state index is 0.225. The van der Waals surface area contributed by atoms with Gasteiger partial charge in [0.05, 0.1) is 28.9 Å². The number of nitriles is 1. The van der Waals surface area contributed by atoms with Crippen molar-refractivity contribution in [2.24, 2.45) is 0 Å². The predicted octanol–water partition coefficient (Wildman–Crippen LogP) is 3.66. The van der Waals surface area contributed by atoms with E-state index in [1.807, 2.05) is 24.3 Å². The number of benzene rings is 2. The van der Waals surface area contributed by atoms with Crippen molar-refractivity contribution in [3.63, 3.8) is 0 Å². The molecule has 0 N–H and O–H groups in total. The van der Waals surface area contributed by atoms with Gasteiger partial charge in [-0.05, 0) is 29.8 Å². The minimum atomic E-state index is -0.858. The van der Waals surface area contributed by atoms with E-state index >= 15 is 0 Å². The molecule has 0 aliphatic carbocycles. The predicted molar refractivity (Wildman–Crippen MR) is 83.6 cm³/mol. The Bertz CT molecular complexity index is 884. The fourth-order valence-corrected chi connectivity index (χ4v) is 2.34. The van der Waals surface area contributed by atoms with Gasteiger partial charge in [0.15, 0.2) is 0 Å². The second-order valence-electron chi connectivity index (χ2n) is 4.70. The lowest BCUT2D eigenvalue weighted by atomic mass is 10.0. The van der Waals surface area contributed by atoms with Crippen LogP contribution >= 0.6 is 11.6 Å². The van der Waals surface area contributed by atoms with Gasteiger partial charge < -0.3 is 0 Å². The summed E-state index contributed by atoms with van der Waals surface area (Å²) in [5.74, 6) is -0.315. The first kappa shape index (κ1) is 14.2. The summed E-state index contributed by atoms with van der Waals surface area (Å²) in [6.07, 6.45) is 1.43. The van der Waals surface area contributed by atoms with Crippen LogP contribution in [0.1, 0.15) is 27.0 Å². The van der Waals surface area contributed by atoms with Crippen molar-refractivity contribution in [1.82, 2.24) is 9.97 Å². The molecular formula is C17H10ClN3O. The molecule has 106 valence electrons. The standard InChI is InChI=1S/C17H10ClN3O/c18-16(12-7-5-11(9-19)6-8-12)17(22)15-10-20-13-3-1-2-4-14(13)21-15/h1-8,10,16H. The number of nitrogens with zero attached hydrogens (tertiary/aromatic N) is 3. The highest BCUT2D eigenvalue weighted by Gasteiger charge is 2.21. The Kier molecular flexibility index (Phi) is 3.82. The number of alkyl halides is 1. The third-order valence-corrected chi connectivity index (χ3v) is 3.71. The molecule has 0 amide bonds. The number of rotatable bonds is 3. The largest absolute Gasteiger partial charge is 0.290 e. The maximum absolute atomic E-state index is 12.4. The number of carbonyl (C=O) groups excluding carboxylic acids is 1. The van der Waals surface area contributed by atoms with E-state index in [9.17, 15) is 4.79 Å². The third-order valence-electron chi connectivity index (χ3n) is 3.26. The lowest BCUT2D eigenvalue weighted by molar-refractivity contribution is 0.0982. The van der Waals surface area contributed by atoms with E-state index in [0.717, 1.165) is 5.52 Å². The maximum Gasteiger partial charge on any atom is 0.205 e. The Morgan fingerprint density at radius 2 is 1.77 bits per heavy atom. The second-order valence-corrected chi connectivity index (χ2v) is 5.14. The van der Waals surface area contributed by atoms with E-state index < -0.39 is 5.38 Å². The van der Waals surface area contributed by atoms with Crippen LogP contribution in [-0.2, 0) is 0 Å². The summed E-state index contributed by atoms with van der Waals surface area (Å²) < 4.78 is 0. The van der Waals surface area contributed by atoms with Crippen LogP contribution in [0.4, 0.5) is 0 Å². The molecule has 0 saturated heterocycles. The molecule has 0 spiro atoms. The Morgan fingerprint density at radius 3 is 2.45 bits per heavy atom. The van der Waals surface area contributed by atoms with E-state index in [1.54, 1.807) is 30.3 Å². The summed E-state index contributed by atoms with van der Waals surface area (Å²) in [5.41, 5.74) is 2.75. The van der Waals surface area contributed by atoms with Gasteiger partial charge in [0.1, 0.15) is 11.1 Å². The first-order valence-corrected chi connectivity index (χ1v) is 7.03. The Balaban J connectivity index is 1.92. The van der Waals surface area contributed by atoms with Crippen molar-refractivity contribution in [2.75, 3.05) is 0 Å². The first-order valence-electron chi connectivity index (χ1n) is 6.59. The molecule has 1 unspecified atom stereocenters. The van der Waals surface area contributed by atoms with Crippen LogP contribution in [-0.4, -0.2) is 15.8 Å². The summed E-state index contributed by atoms with van der Waals surface area (Å²) in [4.78, 5) is 21.0. The zero-order valence-electron chi connectivity index (χ0n) is 11.4. The monoisotopic (exact) mass is 307 g/mol. The van der Waals surface area contributed by atoms with Crippen LogP contribution in [0.15, 0.2) is 54.7 Å². The molecule has 1 aromatic heterocycles. The Labute approximate surface area is 132 Å². The summed E-state index contributed by atoms with van der Waals surface area (Å²) in [7, 11) is 0. The Hall–Kier alpha value is -2.77. The molecule has 0 fully saturated rings. The van der Waals surface area contributed by atoms with Gasteiger partial charge in [-0.1, -0.05) is 24.3 Å². The van der Waals surface area contributed by atoms with Crippen LogP contribution in [0, 0.1) is 11.3 Å². The smallest absolute Gasteiger partial charge is 0.205 e. The molecule has 3 rings (SSSR count). The van der Waals surface area contributed by atoms with Crippen molar-refractivity contribution >= 4 is 28.4 Å². The number of Topliss-reactive ketones (excluding diaryl/α,β-unsaturated/α-hetero) is 1. The topological polar surface area (TPSA) is 66.6 Å². The number of halogens is 1. The second kappa shape index (κ2) is 5.92.